The predicted octanol–water partition coefficient (Wildman–Crippen LogP) is 5.34. The van der Waals surface area contributed by atoms with Gasteiger partial charge in [0.1, 0.15) is 18.7 Å². The number of hydrogen-bond acceptors (Lipinski definition) is 10. The first-order valence-electron chi connectivity index (χ1n) is 20.2. The van der Waals surface area contributed by atoms with Gasteiger partial charge in [0.25, 0.3) is 0 Å². The molecular weight excluding hydrogens is 797 g/mol. The monoisotopic (exact) mass is 848 g/mol. The number of rotatable bonds is 21. The molecule has 61 heavy (non-hydrogen) atoms. The molecule has 0 aliphatic carbocycles. The van der Waals surface area contributed by atoms with E-state index in [1.165, 1.54) is 11.3 Å². The zero-order chi connectivity index (χ0) is 43.6. The highest BCUT2D eigenvalue weighted by Crippen LogP contribution is 2.21. The van der Waals surface area contributed by atoms with Gasteiger partial charge in [-0.3, -0.25) is 34.8 Å². The van der Waals surface area contributed by atoms with Crippen molar-refractivity contribution in [1.82, 2.24) is 31.8 Å². The summed E-state index contributed by atoms with van der Waals surface area (Å²) in [7, 11) is 0. The van der Waals surface area contributed by atoms with Gasteiger partial charge in [-0.15, -0.1) is 11.3 Å². The van der Waals surface area contributed by atoms with Crippen molar-refractivity contribution in [2.45, 2.75) is 89.6 Å². The van der Waals surface area contributed by atoms with E-state index in [1.807, 2.05) is 92.7 Å². The van der Waals surface area contributed by atoms with Crippen LogP contribution in [-0.2, 0) is 43.4 Å². The Morgan fingerprint density at radius 1 is 0.721 bits per heavy atom. The SMILES string of the molecule is CC(C)C[C@H](NC(=O)C(Cc1cscn1)NC(=O)[C@H](Cc1cccc2ccccc12)NC(=O)OCc1ccccc1)[C@@H](O)CC(=O)NNC(=O)CCCC(=O)c1ccccc1. The van der Waals surface area contributed by atoms with E-state index < -0.39 is 60.4 Å². The minimum atomic E-state index is -1.37. The fourth-order valence-electron chi connectivity index (χ4n) is 6.70. The fraction of sp³-hybridized carbons (Fsp3) is 0.326. The third-order valence-electron chi connectivity index (χ3n) is 9.81. The Kier molecular flexibility index (Phi) is 17.5. The predicted molar refractivity (Wildman–Crippen MR) is 232 cm³/mol. The number of nitrogens with one attached hydrogen (secondary N) is 5. The van der Waals surface area contributed by atoms with Gasteiger partial charge >= 0.3 is 6.09 Å². The molecule has 15 heteroatoms. The van der Waals surface area contributed by atoms with Crippen LogP contribution in [-0.4, -0.2) is 69.8 Å². The molecule has 0 saturated heterocycles. The first-order chi connectivity index (χ1) is 29.4. The molecule has 5 amide bonds. The van der Waals surface area contributed by atoms with Crippen LogP contribution in [0.15, 0.2) is 114 Å². The first kappa shape index (κ1) is 45.6. The minimum absolute atomic E-state index is 0.00548. The lowest BCUT2D eigenvalue weighted by Gasteiger charge is -2.28. The van der Waals surface area contributed by atoms with E-state index in [-0.39, 0.29) is 56.8 Å². The van der Waals surface area contributed by atoms with Gasteiger partial charge in [0.15, 0.2) is 5.78 Å². The molecule has 1 unspecified atom stereocenters. The summed E-state index contributed by atoms with van der Waals surface area (Å²) in [6, 6.07) is 27.9. The van der Waals surface area contributed by atoms with Crippen LogP contribution < -0.4 is 26.8 Å². The Morgan fingerprint density at radius 3 is 2.10 bits per heavy atom. The third kappa shape index (κ3) is 15.0. The van der Waals surface area contributed by atoms with Crippen LogP contribution in [0, 0.1) is 5.92 Å². The molecule has 6 N–H and O–H groups in total. The molecular formula is C46H52N6O8S. The lowest BCUT2D eigenvalue weighted by atomic mass is 9.96. The number of thiazole rings is 1. The van der Waals surface area contributed by atoms with Crippen LogP contribution in [0.3, 0.4) is 0 Å². The number of carbonyl (C=O) groups is 6. The van der Waals surface area contributed by atoms with Gasteiger partial charge in [-0.25, -0.2) is 9.78 Å². The van der Waals surface area contributed by atoms with Crippen molar-refractivity contribution in [2.75, 3.05) is 0 Å². The van der Waals surface area contributed by atoms with E-state index in [9.17, 15) is 33.9 Å². The van der Waals surface area contributed by atoms with Crippen LogP contribution in [0.25, 0.3) is 10.8 Å². The molecule has 0 aliphatic heterocycles. The number of ketones is 1. The van der Waals surface area contributed by atoms with Crippen molar-refractivity contribution in [1.29, 1.82) is 0 Å². The summed E-state index contributed by atoms with van der Waals surface area (Å²) in [4.78, 5) is 83.5. The van der Waals surface area contributed by atoms with Gasteiger partial charge in [-0.05, 0) is 40.7 Å². The van der Waals surface area contributed by atoms with E-state index in [4.69, 9.17) is 4.74 Å². The molecule has 4 aromatic carbocycles. The van der Waals surface area contributed by atoms with Gasteiger partial charge in [0.2, 0.25) is 23.6 Å². The summed E-state index contributed by atoms with van der Waals surface area (Å²) >= 11 is 1.32. The third-order valence-corrected chi connectivity index (χ3v) is 10.4. The minimum Gasteiger partial charge on any atom is -0.445 e. The van der Waals surface area contributed by atoms with Crippen LogP contribution in [0.4, 0.5) is 4.79 Å². The highest BCUT2D eigenvalue weighted by molar-refractivity contribution is 7.07. The fourth-order valence-corrected chi connectivity index (χ4v) is 7.27. The molecule has 0 fully saturated rings. The molecule has 5 rings (SSSR count). The average Bonchev–Trinajstić information content (AvgIpc) is 3.78. The summed E-state index contributed by atoms with van der Waals surface area (Å²) in [5.74, 6) is -2.61. The van der Waals surface area contributed by atoms with E-state index in [0.29, 0.717) is 11.3 Å². The van der Waals surface area contributed by atoms with Gasteiger partial charge < -0.3 is 25.8 Å². The molecule has 0 spiro atoms. The largest absolute Gasteiger partial charge is 0.445 e. The number of Topliss-reactive ketones (excluding diaryl/α,β-unsaturated/α-hetero) is 1. The highest BCUT2D eigenvalue weighted by atomic mass is 32.1. The van der Waals surface area contributed by atoms with Crippen molar-refractivity contribution in [3.05, 3.63) is 136 Å². The number of aromatic nitrogens is 1. The maximum absolute atomic E-state index is 14.2. The standard InChI is InChI=1S/C46H52N6O8S/c1-30(2)23-37(41(54)26-43(56)52-51-42(55)22-12-21-40(53)33-16-7-4-8-17-33)48-45(58)39(25-35-28-61-29-47-35)49-44(57)38(50-46(59)60-27-31-13-5-3-6-14-31)24-34-19-11-18-32-15-9-10-20-36(32)34/h3-11,13-20,28-30,37-39,41,54H,12,21-27H2,1-2H3,(H,48,58)(H,49,57)(H,50,59)(H,51,55)(H,52,56)/t37-,38-,39?,41-/m0/s1. The maximum Gasteiger partial charge on any atom is 0.408 e. The number of nitrogens with zero attached hydrogens (tertiary/aromatic N) is 1. The Morgan fingerprint density at radius 2 is 1.38 bits per heavy atom. The summed E-state index contributed by atoms with van der Waals surface area (Å²) in [6.45, 7) is 3.76. The van der Waals surface area contributed by atoms with Gasteiger partial charge in [0.05, 0.1) is 29.8 Å². The molecule has 5 aromatic rings. The topological polar surface area (TPSA) is 205 Å². The lowest BCUT2D eigenvalue weighted by Crippen LogP contribution is -2.57. The number of hydrazine groups is 1. The molecule has 4 atom stereocenters. The van der Waals surface area contributed by atoms with Crippen LogP contribution >= 0.6 is 11.3 Å². The number of aliphatic hydroxyl groups is 1. The normalized spacial score (nSPS) is 13.0. The van der Waals surface area contributed by atoms with E-state index in [0.717, 1.165) is 21.9 Å². The lowest BCUT2D eigenvalue weighted by molar-refractivity contribution is -0.132. The Balaban J connectivity index is 1.24. The van der Waals surface area contributed by atoms with E-state index in [1.54, 1.807) is 35.2 Å². The zero-order valence-electron chi connectivity index (χ0n) is 34.2. The number of aliphatic hydroxyl groups excluding tert-OH is 1. The van der Waals surface area contributed by atoms with E-state index in [2.05, 4.69) is 31.8 Å². The van der Waals surface area contributed by atoms with Crippen molar-refractivity contribution in [2.24, 2.45) is 5.92 Å². The highest BCUT2D eigenvalue weighted by Gasteiger charge is 2.32. The second-order valence-corrected chi connectivity index (χ2v) is 15.8. The summed E-state index contributed by atoms with van der Waals surface area (Å²) in [5.41, 5.74) is 8.85. The quantitative estimate of drug-likeness (QED) is 0.0416. The van der Waals surface area contributed by atoms with Crippen molar-refractivity contribution in [3.8, 4) is 0 Å². The molecule has 0 bridgehead atoms. The summed E-state index contributed by atoms with van der Waals surface area (Å²) < 4.78 is 5.48. The smallest absolute Gasteiger partial charge is 0.408 e. The number of alkyl carbamates (subject to hydrolysis) is 1. The number of benzene rings is 4. The number of fused-ring (bicyclic) bond motifs is 1. The van der Waals surface area contributed by atoms with Gasteiger partial charge in [-0.1, -0.05) is 117 Å². The molecule has 320 valence electrons. The van der Waals surface area contributed by atoms with Crippen LogP contribution in [0.1, 0.15) is 73.1 Å². The summed E-state index contributed by atoms with van der Waals surface area (Å²) in [5, 5.41) is 23.2. The zero-order valence-corrected chi connectivity index (χ0v) is 35.0. The Bertz CT molecular complexity index is 2220. The molecule has 0 radical (unpaired) electrons. The first-order valence-corrected chi connectivity index (χ1v) is 21.1. The molecule has 1 heterocycles. The Labute approximate surface area is 358 Å². The molecule has 0 saturated carbocycles. The van der Waals surface area contributed by atoms with Crippen molar-refractivity contribution >= 4 is 57.6 Å². The van der Waals surface area contributed by atoms with Crippen LogP contribution in [0.5, 0.6) is 0 Å². The second kappa shape index (κ2) is 23.4. The molecule has 14 nitrogen and oxygen atoms in total. The maximum atomic E-state index is 14.2. The average molecular weight is 849 g/mol. The van der Waals surface area contributed by atoms with Gasteiger partial charge in [0, 0.05) is 36.6 Å². The summed E-state index contributed by atoms with van der Waals surface area (Å²) in [6.07, 6.45) is -1.88. The van der Waals surface area contributed by atoms with Gasteiger partial charge in [-0.2, -0.15) is 0 Å². The second-order valence-electron chi connectivity index (χ2n) is 15.1. The number of hydrogen-bond donors (Lipinski definition) is 6. The Hall–Kier alpha value is -6.45. The van der Waals surface area contributed by atoms with Crippen molar-refractivity contribution in [3.63, 3.8) is 0 Å². The molecule has 1 aromatic heterocycles. The molecule has 0 aliphatic rings. The van der Waals surface area contributed by atoms with Crippen LogP contribution in [0.2, 0.25) is 0 Å². The number of amides is 5. The number of ether oxygens (including phenoxy) is 1. The number of carbonyl (C=O) groups excluding carboxylic acids is 6. The van der Waals surface area contributed by atoms with Crippen molar-refractivity contribution < 1.29 is 38.6 Å². The van der Waals surface area contributed by atoms with E-state index >= 15 is 0 Å².